The summed E-state index contributed by atoms with van der Waals surface area (Å²) in [5.41, 5.74) is 1.48. The molecule has 0 fully saturated rings. The Bertz CT molecular complexity index is 864. The van der Waals surface area contributed by atoms with Crippen molar-refractivity contribution in [3.8, 4) is 0 Å². The van der Waals surface area contributed by atoms with Gasteiger partial charge in [-0.25, -0.2) is 4.79 Å². The lowest BCUT2D eigenvalue weighted by Gasteiger charge is -2.11. The summed E-state index contributed by atoms with van der Waals surface area (Å²) in [7, 11) is 3.30. The summed E-state index contributed by atoms with van der Waals surface area (Å²) in [4.78, 5) is 37.1. The number of carbonyl (C=O) groups excluding carboxylic acids is 3. The van der Waals surface area contributed by atoms with Gasteiger partial charge in [0.25, 0.3) is 11.8 Å². The lowest BCUT2D eigenvalue weighted by Crippen LogP contribution is -2.26. The lowest BCUT2D eigenvalue weighted by atomic mass is 10.1. The van der Waals surface area contributed by atoms with E-state index in [9.17, 15) is 14.4 Å². The fraction of sp³-hybridized carbons (Fsp3) is 0.133. The molecule has 0 spiro atoms. The molecule has 2 heterocycles. The highest BCUT2D eigenvalue weighted by molar-refractivity contribution is 9.10. The zero-order chi connectivity index (χ0) is 16.0. The maximum absolute atomic E-state index is 12.3. The molecule has 0 unspecified atom stereocenters. The van der Waals surface area contributed by atoms with Crippen molar-refractivity contribution in [2.75, 3.05) is 14.1 Å². The van der Waals surface area contributed by atoms with Crippen LogP contribution >= 0.6 is 15.9 Å². The summed E-state index contributed by atoms with van der Waals surface area (Å²) >= 11 is 3.39. The molecule has 3 amide bonds. The number of benzene rings is 1. The third kappa shape index (κ3) is 2.23. The molecule has 0 saturated carbocycles. The number of carbonyl (C=O) groups is 3. The summed E-state index contributed by atoms with van der Waals surface area (Å²) in [5, 5.41) is 2.94. The molecular formula is C15H12BrN3O3. The van der Waals surface area contributed by atoms with Crippen molar-refractivity contribution in [3.05, 3.63) is 40.5 Å². The highest BCUT2D eigenvalue weighted by Crippen LogP contribution is 2.31. The van der Waals surface area contributed by atoms with Gasteiger partial charge in [0.1, 0.15) is 0 Å². The Morgan fingerprint density at radius 1 is 1.27 bits per heavy atom. The number of nitrogens with zero attached hydrogens (tertiary/aromatic N) is 2. The molecule has 1 N–H and O–H groups in total. The van der Waals surface area contributed by atoms with Gasteiger partial charge in [0.2, 0.25) is 0 Å². The standard InChI is InChI=1S/C15H12BrN3O3/c1-18(2)15(22)19-7-11(10-6-13(20)17-14(10)21)9-5-8(16)3-4-12(9)19/h3-7H,1-2H3,(H,17,20,21). The Hall–Kier alpha value is -2.41. The number of amides is 3. The molecule has 0 saturated heterocycles. The van der Waals surface area contributed by atoms with Crippen LogP contribution in [0.3, 0.4) is 0 Å². The van der Waals surface area contributed by atoms with E-state index in [1.165, 1.54) is 15.5 Å². The molecule has 1 aromatic carbocycles. The molecule has 0 atom stereocenters. The fourth-order valence-electron chi connectivity index (χ4n) is 2.40. The summed E-state index contributed by atoms with van der Waals surface area (Å²) in [6.07, 6.45) is 2.84. The number of halogens is 1. The zero-order valence-corrected chi connectivity index (χ0v) is 13.5. The molecule has 1 aliphatic heterocycles. The number of aromatic nitrogens is 1. The van der Waals surface area contributed by atoms with Crippen LogP contribution in [0.4, 0.5) is 4.79 Å². The Morgan fingerprint density at radius 3 is 2.59 bits per heavy atom. The van der Waals surface area contributed by atoms with Gasteiger partial charge in [0.15, 0.2) is 0 Å². The van der Waals surface area contributed by atoms with Crippen LogP contribution in [-0.2, 0) is 9.59 Å². The predicted molar refractivity (Wildman–Crippen MR) is 85.2 cm³/mol. The third-order valence-electron chi connectivity index (χ3n) is 3.40. The highest BCUT2D eigenvalue weighted by Gasteiger charge is 2.26. The van der Waals surface area contributed by atoms with Gasteiger partial charge in [-0.15, -0.1) is 0 Å². The average molecular weight is 362 g/mol. The van der Waals surface area contributed by atoms with Gasteiger partial charge in [-0.05, 0) is 18.2 Å². The van der Waals surface area contributed by atoms with E-state index in [2.05, 4.69) is 21.2 Å². The second-order valence-electron chi connectivity index (χ2n) is 5.13. The van der Waals surface area contributed by atoms with Gasteiger partial charge < -0.3 is 4.90 Å². The van der Waals surface area contributed by atoms with Gasteiger partial charge in [-0.2, -0.15) is 0 Å². The molecule has 6 nitrogen and oxygen atoms in total. The van der Waals surface area contributed by atoms with Crippen molar-refractivity contribution >= 4 is 50.3 Å². The number of nitrogens with one attached hydrogen (secondary N) is 1. The van der Waals surface area contributed by atoms with Crippen molar-refractivity contribution in [2.24, 2.45) is 0 Å². The van der Waals surface area contributed by atoms with Gasteiger partial charge in [-0.3, -0.25) is 19.5 Å². The maximum Gasteiger partial charge on any atom is 0.328 e. The molecular weight excluding hydrogens is 350 g/mol. The Labute approximate surface area is 134 Å². The van der Waals surface area contributed by atoms with E-state index in [4.69, 9.17) is 0 Å². The number of hydrogen-bond acceptors (Lipinski definition) is 3. The van der Waals surface area contributed by atoms with E-state index in [1.54, 1.807) is 26.4 Å². The molecule has 1 aliphatic rings. The topological polar surface area (TPSA) is 71.4 Å². The first kappa shape index (κ1) is 14.5. The minimum atomic E-state index is -0.457. The second-order valence-corrected chi connectivity index (χ2v) is 6.04. The Balaban J connectivity index is 2.29. The largest absolute Gasteiger partial charge is 0.330 e. The summed E-state index contributed by atoms with van der Waals surface area (Å²) in [5.74, 6) is -0.906. The number of rotatable bonds is 1. The van der Waals surface area contributed by atoms with Gasteiger partial charge in [0, 0.05) is 41.8 Å². The molecule has 22 heavy (non-hydrogen) atoms. The first-order valence-electron chi connectivity index (χ1n) is 6.48. The molecule has 3 rings (SSSR count). The normalized spacial score (nSPS) is 14.2. The predicted octanol–water partition coefficient (Wildman–Crippen LogP) is 1.97. The van der Waals surface area contributed by atoms with E-state index in [0.29, 0.717) is 11.1 Å². The van der Waals surface area contributed by atoms with E-state index in [0.717, 1.165) is 9.86 Å². The van der Waals surface area contributed by atoms with Crippen molar-refractivity contribution in [3.63, 3.8) is 0 Å². The fourth-order valence-corrected chi connectivity index (χ4v) is 2.76. The van der Waals surface area contributed by atoms with Crippen LogP contribution in [-0.4, -0.2) is 41.4 Å². The molecule has 2 aromatic rings. The van der Waals surface area contributed by atoms with Crippen LogP contribution in [0.1, 0.15) is 5.56 Å². The molecule has 0 aliphatic carbocycles. The van der Waals surface area contributed by atoms with Crippen LogP contribution < -0.4 is 5.32 Å². The quantitative estimate of drug-likeness (QED) is 0.789. The summed E-state index contributed by atoms with van der Waals surface area (Å²) in [6, 6.07) is 5.20. The van der Waals surface area contributed by atoms with Gasteiger partial charge >= 0.3 is 6.03 Å². The van der Waals surface area contributed by atoms with Crippen molar-refractivity contribution in [1.29, 1.82) is 0 Å². The van der Waals surface area contributed by atoms with E-state index in [-0.39, 0.29) is 11.6 Å². The van der Waals surface area contributed by atoms with Gasteiger partial charge in [0.05, 0.1) is 11.1 Å². The minimum Gasteiger partial charge on any atom is -0.330 e. The van der Waals surface area contributed by atoms with Crippen molar-refractivity contribution < 1.29 is 14.4 Å². The highest BCUT2D eigenvalue weighted by atomic mass is 79.9. The smallest absolute Gasteiger partial charge is 0.328 e. The van der Waals surface area contributed by atoms with Crippen molar-refractivity contribution in [2.45, 2.75) is 0 Å². The van der Waals surface area contributed by atoms with Crippen LogP contribution in [0.25, 0.3) is 16.5 Å². The zero-order valence-electron chi connectivity index (χ0n) is 11.9. The van der Waals surface area contributed by atoms with Crippen LogP contribution in [0.2, 0.25) is 0 Å². The first-order chi connectivity index (χ1) is 10.4. The van der Waals surface area contributed by atoms with Crippen LogP contribution in [0.15, 0.2) is 34.9 Å². The minimum absolute atomic E-state index is 0.232. The first-order valence-corrected chi connectivity index (χ1v) is 7.27. The molecule has 0 bridgehead atoms. The maximum atomic E-state index is 12.3. The lowest BCUT2D eigenvalue weighted by molar-refractivity contribution is -0.123. The number of imide groups is 1. The second kappa shape index (κ2) is 5.10. The molecule has 0 radical (unpaired) electrons. The van der Waals surface area contributed by atoms with E-state index < -0.39 is 11.8 Å². The van der Waals surface area contributed by atoms with Crippen LogP contribution in [0.5, 0.6) is 0 Å². The summed E-state index contributed by atoms with van der Waals surface area (Å²) in [6.45, 7) is 0. The average Bonchev–Trinajstić information content (AvgIpc) is 2.97. The summed E-state index contributed by atoms with van der Waals surface area (Å²) < 4.78 is 2.29. The molecule has 7 heteroatoms. The van der Waals surface area contributed by atoms with E-state index >= 15 is 0 Å². The molecule has 1 aromatic heterocycles. The van der Waals surface area contributed by atoms with Crippen LogP contribution in [0, 0.1) is 0 Å². The number of hydrogen-bond donors (Lipinski definition) is 1. The van der Waals surface area contributed by atoms with E-state index in [1.807, 2.05) is 12.1 Å². The third-order valence-corrected chi connectivity index (χ3v) is 3.90. The SMILES string of the molecule is CN(C)C(=O)n1cc(C2=CC(=O)NC2=O)c2cc(Br)ccc21. The number of fused-ring (bicyclic) bond motifs is 1. The molecule has 112 valence electrons. The Morgan fingerprint density at radius 2 is 2.00 bits per heavy atom. The Kier molecular flexibility index (Phi) is 3.37. The van der Waals surface area contributed by atoms with Gasteiger partial charge in [-0.1, -0.05) is 15.9 Å². The van der Waals surface area contributed by atoms with Crippen molar-refractivity contribution in [1.82, 2.24) is 14.8 Å². The monoisotopic (exact) mass is 361 g/mol.